The third kappa shape index (κ3) is 1.36. The van der Waals surface area contributed by atoms with Gasteiger partial charge in [-0.2, -0.15) is 0 Å². The molecule has 0 amide bonds. The van der Waals surface area contributed by atoms with Gasteiger partial charge in [0.15, 0.2) is 0 Å². The normalized spacial score (nSPS) is 26.2. The van der Waals surface area contributed by atoms with E-state index >= 15 is 0 Å². The van der Waals surface area contributed by atoms with Crippen molar-refractivity contribution < 1.29 is 5.11 Å². The largest absolute Gasteiger partial charge is 0.396 e. The van der Waals surface area contributed by atoms with Crippen LogP contribution in [0.3, 0.4) is 0 Å². The van der Waals surface area contributed by atoms with Crippen LogP contribution in [0, 0.1) is 5.92 Å². The molecule has 1 N–H and O–H groups in total. The lowest BCUT2D eigenvalue weighted by Gasteiger charge is -2.21. The molecule has 3 nitrogen and oxygen atoms in total. The van der Waals surface area contributed by atoms with Crippen molar-refractivity contribution in [2.75, 3.05) is 6.61 Å². The van der Waals surface area contributed by atoms with Gasteiger partial charge in [0, 0.05) is 37.6 Å². The van der Waals surface area contributed by atoms with E-state index in [0.29, 0.717) is 12.5 Å². The fourth-order valence-corrected chi connectivity index (χ4v) is 2.26. The Morgan fingerprint density at radius 2 is 2.29 bits per heavy atom. The standard InChI is InChI=1S/C11H16N2O/c14-7-8-1-4-11-12-10(9-2-3-9)6-13(11)5-8/h6,8-9,14H,1-5,7H2. The number of rotatable bonds is 2. The number of fused-ring (bicyclic) bond motifs is 1. The predicted molar refractivity (Wildman–Crippen MR) is 53.1 cm³/mol. The zero-order valence-corrected chi connectivity index (χ0v) is 8.32. The summed E-state index contributed by atoms with van der Waals surface area (Å²) in [4.78, 5) is 4.66. The van der Waals surface area contributed by atoms with E-state index in [4.69, 9.17) is 5.11 Å². The highest BCUT2D eigenvalue weighted by Crippen LogP contribution is 2.39. The minimum absolute atomic E-state index is 0.316. The molecular formula is C11H16N2O. The van der Waals surface area contributed by atoms with E-state index in [-0.39, 0.29) is 0 Å². The highest BCUT2D eigenvalue weighted by Gasteiger charge is 2.28. The van der Waals surface area contributed by atoms with E-state index in [9.17, 15) is 0 Å². The maximum absolute atomic E-state index is 9.11. The average molecular weight is 192 g/mol. The Morgan fingerprint density at radius 1 is 1.43 bits per heavy atom. The lowest BCUT2D eigenvalue weighted by atomic mass is 10.0. The van der Waals surface area contributed by atoms with Crippen molar-refractivity contribution >= 4 is 0 Å². The third-order valence-corrected chi connectivity index (χ3v) is 3.36. The zero-order chi connectivity index (χ0) is 9.54. The fourth-order valence-electron chi connectivity index (χ4n) is 2.26. The van der Waals surface area contributed by atoms with Crippen molar-refractivity contribution in [2.24, 2.45) is 5.92 Å². The molecule has 1 fully saturated rings. The van der Waals surface area contributed by atoms with Crippen LogP contribution in [0.25, 0.3) is 0 Å². The number of hydrogen-bond donors (Lipinski definition) is 1. The fraction of sp³-hybridized carbons (Fsp3) is 0.727. The number of aliphatic hydroxyl groups is 1. The molecule has 1 aliphatic heterocycles. The molecule has 14 heavy (non-hydrogen) atoms. The number of aryl methyl sites for hydroxylation is 1. The molecule has 1 unspecified atom stereocenters. The van der Waals surface area contributed by atoms with Gasteiger partial charge in [-0.05, 0) is 19.3 Å². The van der Waals surface area contributed by atoms with Crippen molar-refractivity contribution in [3.05, 3.63) is 17.7 Å². The number of nitrogens with zero attached hydrogens (tertiary/aromatic N) is 2. The van der Waals surface area contributed by atoms with Gasteiger partial charge in [-0.15, -0.1) is 0 Å². The molecule has 1 aromatic heterocycles. The number of imidazole rings is 1. The van der Waals surface area contributed by atoms with Gasteiger partial charge in [-0.1, -0.05) is 0 Å². The molecule has 0 bridgehead atoms. The predicted octanol–water partition coefficient (Wildman–Crippen LogP) is 1.32. The van der Waals surface area contributed by atoms with Crippen molar-refractivity contribution in [1.82, 2.24) is 9.55 Å². The molecule has 0 spiro atoms. The summed E-state index contributed by atoms with van der Waals surface area (Å²) >= 11 is 0. The summed E-state index contributed by atoms with van der Waals surface area (Å²) in [7, 11) is 0. The van der Waals surface area contributed by atoms with Crippen LogP contribution in [-0.4, -0.2) is 21.3 Å². The Kier molecular flexibility index (Phi) is 1.87. The van der Waals surface area contributed by atoms with Crippen molar-refractivity contribution in [3.63, 3.8) is 0 Å². The first-order chi connectivity index (χ1) is 6.86. The third-order valence-electron chi connectivity index (χ3n) is 3.36. The van der Waals surface area contributed by atoms with Gasteiger partial charge in [0.05, 0.1) is 5.69 Å². The van der Waals surface area contributed by atoms with Crippen LogP contribution in [0.2, 0.25) is 0 Å². The minimum atomic E-state index is 0.316. The molecule has 1 saturated carbocycles. The van der Waals surface area contributed by atoms with Crippen LogP contribution in [0.1, 0.15) is 36.7 Å². The Hall–Kier alpha value is -0.830. The van der Waals surface area contributed by atoms with Gasteiger partial charge in [-0.25, -0.2) is 4.98 Å². The molecule has 3 heteroatoms. The van der Waals surface area contributed by atoms with Crippen LogP contribution in [0.4, 0.5) is 0 Å². The quantitative estimate of drug-likeness (QED) is 0.767. The Balaban J connectivity index is 1.85. The highest BCUT2D eigenvalue weighted by molar-refractivity contribution is 5.15. The molecule has 76 valence electrons. The molecule has 2 heterocycles. The molecule has 1 aliphatic carbocycles. The molecule has 0 saturated heterocycles. The molecule has 3 rings (SSSR count). The molecular weight excluding hydrogens is 176 g/mol. The van der Waals surface area contributed by atoms with E-state index < -0.39 is 0 Å². The zero-order valence-electron chi connectivity index (χ0n) is 8.32. The maximum Gasteiger partial charge on any atom is 0.108 e. The maximum atomic E-state index is 9.11. The Labute approximate surface area is 83.8 Å². The van der Waals surface area contributed by atoms with Gasteiger partial charge in [0.25, 0.3) is 0 Å². The summed E-state index contributed by atoms with van der Waals surface area (Å²) in [5.41, 5.74) is 1.29. The van der Waals surface area contributed by atoms with E-state index in [0.717, 1.165) is 25.3 Å². The number of hydrogen-bond acceptors (Lipinski definition) is 2. The van der Waals surface area contributed by atoms with Crippen molar-refractivity contribution in [2.45, 2.75) is 38.1 Å². The first-order valence-corrected chi connectivity index (χ1v) is 5.53. The van der Waals surface area contributed by atoms with E-state index in [2.05, 4.69) is 15.7 Å². The molecule has 1 aromatic rings. The highest BCUT2D eigenvalue weighted by atomic mass is 16.3. The summed E-state index contributed by atoms with van der Waals surface area (Å²) in [5, 5.41) is 9.11. The van der Waals surface area contributed by atoms with Crippen LogP contribution < -0.4 is 0 Å². The Bertz CT molecular complexity index is 341. The first-order valence-electron chi connectivity index (χ1n) is 5.53. The summed E-state index contributed by atoms with van der Waals surface area (Å²) in [5.74, 6) is 2.43. The lowest BCUT2D eigenvalue weighted by Crippen LogP contribution is -2.22. The smallest absolute Gasteiger partial charge is 0.108 e. The van der Waals surface area contributed by atoms with Gasteiger partial charge in [-0.3, -0.25) is 0 Å². The summed E-state index contributed by atoms with van der Waals surface area (Å²) in [6.07, 6.45) is 6.98. The number of aromatic nitrogens is 2. The van der Waals surface area contributed by atoms with Crippen LogP contribution >= 0.6 is 0 Å². The van der Waals surface area contributed by atoms with E-state index in [1.54, 1.807) is 0 Å². The second-order valence-corrected chi connectivity index (χ2v) is 4.60. The number of aliphatic hydroxyl groups excluding tert-OH is 1. The first kappa shape index (κ1) is 8.48. The molecule has 0 aromatic carbocycles. The van der Waals surface area contributed by atoms with E-state index in [1.165, 1.54) is 24.4 Å². The summed E-state index contributed by atoms with van der Waals surface area (Å²) < 4.78 is 2.25. The van der Waals surface area contributed by atoms with Gasteiger partial charge >= 0.3 is 0 Å². The van der Waals surface area contributed by atoms with Crippen molar-refractivity contribution in [1.29, 1.82) is 0 Å². The average Bonchev–Trinajstić information content (AvgIpc) is 2.97. The van der Waals surface area contributed by atoms with Gasteiger partial charge < -0.3 is 9.67 Å². The molecule has 0 radical (unpaired) electrons. The second kappa shape index (κ2) is 3.09. The van der Waals surface area contributed by atoms with E-state index in [1.807, 2.05) is 0 Å². The van der Waals surface area contributed by atoms with Crippen molar-refractivity contribution in [3.8, 4) is 0 Å². The molecule has 2 aliphatic rings. The SMILES string of the molecule is OCC1CCc2nc(C3CC3)cn2C1. The summed E-state index contributed by atoms with van der Waals surface area (Å²) in [6.45, 7) is 1.28. The van der Waals surface area contributed by atoms with Crippen LogP contribution in [0.5, 0.6) is 0 Å². The summed E-state index contributed by atoms with van der Waals surface area (Å²) in [6, 6.07) is 0. The van der Waals surface area contributed by atoms with Crippen LogP contribution in [-0.2, 0) is 13.0 Å². The molecule has 1 atom stereocenters. The van der Waals surface area contributed by atoms with Crippen LogP contribution in [0.15, 0.2) is 6.20 Å². The van der Waals surface area contributed by atoms with Gasteiger partial charge in [0.1, 0.15) is 5.82 Å². The lowest BCUT2D eigenvalue weighted by molar-refractivity contribution is 0.190. The topological polar surface area (TPSA) is 38.1 Å². The van der Waals surface area contributed by atoms with Gasteiger partial charge in [0.2, 0.25) is 0 Å². The Morgan fingerprint density at radius 3 is 3.00 bits per heavy atom. The minimum Gasteiger partial charge on any atom is -0.396 e. The second-order valence-electron chi connectivity index (χ2n) is 4.60. The monoisotopic (exact) mass is 192 g/mol.